The van der Waals surface area contributed by atoms with Crippen molar-refractivity contribution >= 4 is 50.0 Å². The lowest BCUT2D eigenvalue weighted by Gasteiger charge is -2.19. The lowest BCUT2D eigenvalue weighted by atomic mass is 10.0. The van der Waals surface area contributed by atoms with Gasteiger partial charge < -0.3 is 0 Å². The van der Waals surface area contributed by atoms with E-state index in [2.05, 4.69) is 9.97 Å². The zero-order valence-electron chi connectivity index (χ0n) is 17.9. The molecular formula is C27H18ClN3O2S. The zero-order valence-corrected chi connectivity index (χ0v) is 19.5. The van der Waals surface area contributed by atoms with Crippen LogP contribution in [0.4, 0.5) is 5.13 Å². The number of nitrogens with zero attached hydrogens (tertiary/aromatic N) is 3. The van der Waals surface area contributed by atoms with Crippen molar-refractivity contribution < 1.29 is 9.59 Å². The van der Waals surface area contributed by atoms with Crippen molar-refractivity contribution in [1.29, 1.82) is 0 Å². The number of ketones is 1. The van der Waals surface area contributed by atoms with Gasteiger partial charge in [-0.05, 0) is 36.4 Å². The van der Waals surface area contributed by atoms with Gasteiger partial charge in [-0.15, -0.1) is 0 Å². The maximum atomic E-state index is 13.6. The Morgan fingerprint density at radius 1 is 0.794 bits per heavy atom. The quantitative estimate of drug-likeness (QED) is 0.261. The van der Waals surface area contributed by atoms with E-state index in [1.165, 1.54) is 11.3 Å². The SMILES string of the molecule is O=C(c1ccccc1)c1ccc(C(=O)N(Cc2ccccn2)c2nc3c(Cl)cccc3s2)cc1. The molecule has 0 aliphatic rings. The number of para-hydroxylation sites is 1. The highest BCUT2D eigenvalue weighted by Gasteiger charge is 2.23. The number of aromatic nitrogens is 2. The Bertz CT molecular complexity index is 1470. The van der Waals surface area contributed by atoms with Gasteiger partial charge in [-0.2, -0.15) is 0 Å². The van der Waals surface area contributed by atoms with Crippen molar-refractivity contribution in [2.24, 2.45) is 0 Å². The van der Waals surface area contributed by atoms with E-state index in [-0.39, 0.29) is 18.2 Å². The first-order valence-electron chi connectivity index (χ1n) is 10.6. The summed E-state index contributed by atoms with van der Waals surface area (Å²) in [6.45, 7) is 0.252. The molecule has 0 saturated carbocycles. The number of hydrogen-bond acceptors (Lipinski definition) is 5. The molecule has 166 valence electrons. The fourth-order valence-electron chi connectivity index (χ4n) is 3.57. The van der Waals surface area contributed by atoms with Gasteiger partial charge in [0.15, 0.2) is 10.9 Å². The van der Waals surface area contributed by atoms with Crippen LogP contribution >= 0.6 is 22.9 Å². The second kappa shape index (κ2) is 9.55. The first kappa shape index (κ1) is 21.9. The standard InChI is InChI=1S/C27H18ClN3O2S/c28-22-10-6-11-23-24(22)30-27(34-23)31(17-21-9-4-5-16-29-21)26(33)20-14-12-19(13-15-20)25(32)18-7-2-1-3-8-18/h1-16H,17H2. The van der Waals surface area contributed by atoms with E-state index in [0.717, 1.165) is 10.4 Å². The molecule has 3 aromatic carbocycles. The summed E-state index contributed by atoms with van der Waals surface area (Å²) in [4.78, 5) is 37.0. The van der Waals surface area contributed by atoms with Crippen LogP contribution in [0, 0.1) is 0 Å². The number of amides is 1. The largest absolute Gasteiger partial charge is 0.289 e. The van der Waals surface area contributed by atoms with Crippen LogP contribution in [0.1, 0.15) is 32.0 Å². The maximum absolute atomic E-state index is 13.6. The number of pyridine rings is 1. The molecule has 0 radical (unpaired) electrons. The zero-order chi connectivity index (χ0) is 23.5. The Morgan fingerprint density at radius 3 is 2.21 bits per heavy atom. The summed E-state index contributed by atoms with van der Waals surface area (Å²) in [5.74, 6) is -0.328. The van der Waals surface area contributed by atoms with Crippen molar-refractivity contribution in [2.45, 2.75) is 6.54 Å². The second-order valence-corrected chi connectivity index (χ2v) is 8.98. The average Bonchev–Trinajstić information content (AvgIpc) is 3.33. The summed E-state index contributed by atoms with van der Waals surface area (Å²) < 4.78 is 0.894. The molecular weight excluding hydrogens is 466 g/mol. The lowest BCUT2D eigenvalue weighted by molar-refractivity contribution is 0.0982. The van der Waals surface area contributed by atoms with Crippen LogP contribution in [0.2, 0.25) is 5.02 Å². The number of fused-ring (bicyclic) bond motifs is 1. The molecule has 2 aromatic heterocycles. The number of hydrogen-bond donors (Lipinski definition) is 0. The van der Waals surface area contributed by atoms with Crippen LogP contribution in [0.15, 0.2) is 97.2 Å². The third kappa shape index (κ3) is 4.46. The Kier molecular flexibility index (Phi) is 6.16. The topological polar surface area (TPSA) is 63.2 Å². The highest BCUT2D eigenvalue weighted by atomic mass is 35.5. The number of thiazole rings is 1. The minimum atomic E-state index is -0.237. The monoisotopic (exact) mass is 483 g/mol. The van der Waals surface area contributed by atoms with Crippen molar-refractivity contribution in [2.75, 3.05) is 4.90 Å². The van der Waals surface area contributed by atoms with Gasteiger partial charge in [0.25, 0.3) is 5.91 Å². The molecule has 2 heterocycles. The predicted molar refractivity (Wildman–Crippen MR) is 136 cm³/mol. The number of halogens is 1. The molecule has 0 saturated heterocycles. The molecule has 7 heteroatoms. The van der Waals surface area contributed by atoms with Crippen molar-refractivity contribution in [3.63, 3.8) is 0 Å². The highest BCUT2D eigenvalue weighted by molar-refractivity contribution is 7.22. The fourth-order valence-corrected chi connectivity index (χ4v) is 4.84. The summed E-state index contributed by atoms with van der Waals surface area (Å²) in [5, 5.41) is 1.07. The Labute approximate surface area is 205 Å². The Hall–Kier alpha value is -3.87. The molecule has 0 aliphatic heterocycles. The molecule has 5 rings (SSSR count). The summed E-state index contributed by atoms with van der Waals surface area (Å²) in [7, 11) is 0. The molecule has 0 bridgehead atoms. The summed E-state index contributed by atoms with van der Waals surface area (Å²) in [5.41, 5.74) is 2.96. The van der Waals surface area contributed by atoms with Crippen molar-refractivity contribution in [3.8, 4) is 0 Å². The summed E-state index contributed by atoms with van der Waals surface area (Å²) in [6.07, 6.45) is 1.69. The van der Waals surface area contributed by atoms with Gasteiger partial charge in [0.05, 0.1) is 22.0 Å². The van der Waals surface area contributed by atoms with Crippen LogP contribution < -0.4 is 4.90 Å². The number of carbonyl (C=O) groups excluding carboxylic acids is 2. The van der Waals surface area contributed by atoms with E-state index in [0.29, 0.717) is 32.4 Å². The third-order valence-electron chi connectivity index (χ3n) is 5.31. The molecule has 0 unspecified atom stereocenters. The van der Waals surface area contributed by atoms with Gasteiger partial charge in [0, 0.05) is 22.9 Å². The summed E-state index contributed by atoms with van der Waals surface area (Å²) in [6, 6.07) is 26.9. The second-order valence-electron chi connectivity index (χ2n) is 7.57. The van der Waals surface area contributed by atoms with Crippen LogP contribution in [0.25, 0.3) is 10.2 Å². The van der Waals surface area contributed by atoms with Gasteiger partial charge in [-0.3, -0.25) is 19.5 Å². The minimum absolute atomic E-state index is 0.0919. The molecule has 5 aromatic rings. The van der Waals surface area contributed by atoms with E-state index in [1.54, 1.807) is 53.6 Å². The molecule has 0 N–H and O–H groups in total. The van der Waals surface area contributed by atoms with Crippen LogP contribution in [-0.2, 0) is 6.54 Å². The minimum Gasteiger partial charge on any atom is -0.289 e. The fraction of sp³-hybridized carbons (Fsp3) is 0.0370. The van der Waals surface area contributed by atoms with Crippen LogP contribution in [0.3, 0.4) is 0 Å². The van der Waals surface area contributed by atoms with E-state index < -0.39 is 0 Å². The number of anilines is 1. The number of rotatable bonds is 6. The first-order chi connectivity index (χ1) is 16.6. The normalized spacial score (nSPS) is 10.9. The lowest BCUT2D eigenvalue weighted by Crippen LogP contribution is -2.30. The van der Waals surface area contributed by atoms with E-state index in [1.807, 2.05) is 48.5 Å². The average molecular weight is 484 g/mol. The number of carbonyl (C=O) groups is 2. The molecule has 1 amide bonds. The van der Waals surface area contributed by atoms with Crippen molar-refractivity contribution in [1.82, 2.24) is 9.97 Å². The molecule has 34 heavy (non-hydrogen) atoms. The first-order valence-corrected chi connectivity index (χ1v) is 11.8. The molecule has 0 spiro atoms. The smallest absolute Gasteiger partial charge is 0.260 e. The highest BCUT2D eigenvalue weighted by Crippen LogP contribution is 2.34. The third-order valence-corrected chi connectivity index (χ3v) is 6.66. The molecule has 0 fully saturated rings. The van der Waals surface area contributed by atoms with Crippen LogP contribution in [0.5, 0.6) is 0 Å². The van der Waals surface area contributed by atoms with E-state index in [9.17, 15) is 9.59 Å². The van der Waals surface area contributed by atoms with Gasteiger partial charge in [-0.25, -0.2) is 4.98 Å². The van der Waals surface area contributed by atoms with Crippen LogP contribution in [-0.4, -0.2) is 21.7 Å². The van der Waals surface area contributed by atoms with E-state index in [4.69, 9.17) is 11.6 Å². The molecule has 0 aliphatic carbocycles. The molecule has 0 atom stereocenters. The van der Waals surface area contributed by atoms with Gasteiger partial charge >= 0.3 is 0 Å². The van der Waals surface area contributed by atoms with E-state index >= 15 is 0 Å². The van der Waals surface area contributed by atoms with Gasteiger partial charge in [-0.1, -0.05) is 77.5 Å². The van der Waals surface area contributed by atoms with Gasteiger partial charge in [0.1, 0.15) is 5.52 Å². The van der Waals surface area contributed by atoms with Gasteiger partial charge in [0.2, 0.25) is 0 Å². The summed E-state index contributed by atoms with van der Waals surface area (Å²) >= 11 is 7.72. The molecule has 5 nitrogen and oxygen atoms in total. The van der Waals surface area contributed by atoms with Crippen molar-refractivity contribution in [3.05, 3.63) is 125 Å². The Morgan fingerprint density at radius 2 is 1.50 bits per heavy atom. The maximum Gasteiger partial charge on any atom is 0.260 e. The Balaban J connectivity index is 1.48. The predicted octanol–water partition coefficient (Wildman–Crippen LogP) is 6.42. The number of benzene rings is 3.